The smallest absolute Gasteiger partial charge is 0.278 e. The van der Waals surface area contributed by atoms with Crippen LogP contribution in [0.1, 0.15) is 24.7 Å². The quantitative estimate of drug-likeness (QED) is 0.802. The number of rotatable bonds is 4. The second-order valence-electron chi connectivity index (χ2n) is 4.88. The summed E-state index contributed by atoms with van der Waals surface area (Å²) >= 11 is 0. The molecule has 1 saturated heterocycles. The van der Waals surface area contributed by atoms with Crippen LogP contribution in [0.25, 0.3) is 11.6 Å². The van der Waals surface area contributed by atoms with Crippen molar-refractivity contribution in [2.45, 2.75) is 18.9 Å². The van der Waals surface area contributed by atoms with Gasteiger partial charge in [0.2, 0.25) is 0 Å². The number of hydrogen-bond acceptors (Lipinski definition) is 7. The van der Waals surface area contributed by atoms with Gasteiger partial charge < -0.3 is 15.2 Å². The zero-order valence-corrected chi connectivity index (χ0v) is 11.0. The maximum Gasteiger partial charge on any atom is 0.278 e. The first-order valence-electron chi connectivity index (χ1n) is 6.60. The molecule has 8 heteroatoms. The van der Waals surface area contributed by atoms with E-state index in [2.05, 4.69) is 25.2 Å². The molecule has 0 aliphatic carbocycles. The van der Waals surface area contributed by atoms with Crippen molar-refractivity contribution in [1.82, 2.24) is 25.2 Å². The van der Waals surface area contributed by atoms with Crippen LogP contribution < -0.4 is 11.3 Å². The Kier molecular flexibility index (Phi) is 3.57. The minimum Gasteiger partial charge on any atom is -0.332 e. The summed E-state index contributed by atoms with van der Waals surface area (Å²) in [5.74, 6) is 0.716. The molecule has 3 N–H and O–H groups in total. The van der Waals surface area contributed by atoms with Gasteiger partial charge in [-0.25, -0.2) is 5.10 Å². The fraction of sp³-hybridized carbons (Fsp3) is 0.500. The summed E-state index contributed by atoms with van der Waals surface area (Å²) in [6.45, 7) is 2.86. The zero-order valence-electron chi connectivity index (χ0n) is 11.0. The fourth-order valence-electron chi connectivity index (χ4n) is 2.28. The number of nitrogens with two attached hydrogens (primary N) is 1. The molecule has 0 aromatic carbocycles. The Morgan fingerprint density at radius 1 is 1.40 bits per heavy atom. The van der Waals surface area contributed by atoms with Crippen LogP contribution in [0.5, 0.6) is 0 Å². The van der Waals surface area contributed by atoms with E-state index in [9.17, 15) is 4.79 Å². The first-order chi connectivity index (χ1) is 9.72. The van der Waals surface area contributed by atoms with Crippen molar-refractivity contribution in [2.75, 3.05) is 19.6 Å². The lowest BCUT2D eigenvalue weighted by Gasteiger charge is -2.17. The van der Waals surface area contributed by atoms with Crippen molar-refractivity contribution >= 4 is 0 Å². The molecule has 0 spiro atoms. The first-order valence-corrected chi connectivity index (χ1v) is 6.60. The lowest BCUT2D eigenvalue weighted by atomic mass is 10.3. The van der Waals surface area contributed by atoms with E-state index in [0.717, 1.165) is 19.6 Å². The molecular formula is C12H16N6O2. The standard InChI is InChI=1S/C12H16N6O2/c13-8(7-18-5-1-2-6-18)11-14-12(20-17-11)9-3-4-10(19)16-15-9/h3-4,8H,1-2,5-7,13H2,(H,16,19). The highest BCUT2D eigenvalue weighted by Crippen LogP contribution is 2.17. The van der Waals surface area contributed by atoms with Crippen LogP contribution in [-0.2, 0) is 0 Å². The van der Waals surface area contributed by atoms with E-state index in [-0.39, 0.29) is 17.5 Å². The van der Waals surface area contributed by atoms with E-state index >= 15 is 0 Å². The summed E-state index contributed by atoms with van der Waals surface area (Å²) in [7, 11) is 0. The topological polar surface area (TPSA) is 114 Å². The molecule has 1 aliphatic rings. The number of nitrogens with zero attached hydrogens (tertiary/aromatic N) is 4. The van der Waals surface area contributed by atoms with Crippen LogP contribution in [0.4, 0.5) is 0 Å². The Morgan fingerprint density at radius 2 is 2.20 bits per heavy atom. The molecule has 3 heterocycles. The number of H-pyrrole nitrogens is 1. The summed E-state index contributed by atoms with van der Waals surface area (Å²) < 4.78 is 5.13. The highest BCUT2D eigenvalue weighted by Gasteiger charge is 2.20. The molecule has 1 unspecified atom stereocenters. The Labute approximate surface area is 115 Å². The van der Waals surface area contributed by atoms with E-state index in [0.29, 0.717) is 11.5 Å². The van der Waals surface area contributed by atoms with Crippen LogP contribution in [0, 0.1) is 0 Å². The molecule has 20 heavy (non-hydrogen) atoms. The Bertz CT molecular complexity index is 610. The lowest BCUT2D eigenvalue weighted by Crippen LogP contribution is -2.30. The molecule has 1 fully saturated rings. The molecule has 1 atom stereocenters. The summed E-state index contributed by atoms with van der Waals surface area (Å²) in [5, 5.41) is 10.0. The van der Waals surface area contributed by atoms with E-state index in [4.69, 9.17) is 10.3 Å². The van der Waals surface area contributed by atoms with Crippen LogP contribution in [0.3, 0.4) is 0 Å². The van der Waals surface area contributed by atoms with Crippen molar-refractivity contribution in [3.8, 4) is 11.6 Å². The predicted molar refractivity (Wildman–Crippen MR) is 70.8 cm³/mol. The van der Waals surface area contributed by atoms with Crippen LogP contribution in [0.2, 0.25) is 0 Å². The average Bonchev–Trinajstić information content (AvgIpc) is 3.10. The monoisotopic (exact) mass is 276 g/mol. The second-order valence-corrected chi connectivity index (χ2v) is 4.88. The van der Waals surface area contributed by atoms with Crippen molar-refractivity contribution in [3.63, 3.8) is 0 Å². The van der Waals surface area contributed by atoms with Gasteiger partial charge in [-0.05, 0) is 32.0 Å². The van der Waals surface area contributed by atoms with Gasteiger partial charge in [-0.3, -0.25) is 4.79 Å². The molecule has 8 nitrogen and oxygen atoms in total. The van der Waals surface area contributed by atoms with Crippen LogP contribution >= 0.6 is 0 Å². The van der Waals surface area contributed by atoms with Crippen molar-refractivity contribution < 1.29 is 4.52 Å². The Hall–Kier alpha value is -2.06. The number of hydrogen-bond donors (Lipinski definition) is 2. The van der Waals surface area contributed by atoms with Crippen molar-refractivity contribution in [2.24, 2.45) is 5.73 Å². The van der Waals surface area contributed by atoms with Gasteiger partial charge >= 0.3 is 0 Å². The normalized spacial score (nSPS) is 17.4. The minimum atomic E-state index is -0.284. The first kappa shape index (κ1) is 12.9. The Morgan fingerprint density at radius 3 is 2.90 bits per heavy atom. The van der Waals surface area contributed by atoms with E-state index in [1.807, 2.05) is 0 Å². The van der Waals surface area contributed by atoms with Gasteiger partial charge in [-0.1, -0.05) is 5.16 Å². The van der Waals surface area contributed by atoms with Gasteiger partial charge in [0.15, 0.2) is 5.82 Å². The fourth-order valence-corrected chi connectivity index (χ4v) is 2.28. The molecule has 0 bridgehead atoms. The number of aromatic amines is 1. The summed E-state index contributed by atoms with van der Waals surface area (Å²) in [6, 6.07) is 2.60. The summed E-state index contributed by atoms with van der Waals surface area (Å²) in [6.07, 6.45) is 2.43. The van der Waals surface area contributed by atoms with Gasteiger partial charge in [0, 0.05) is 12.6 Å². The number of aromatic nitrogens is 4. The molecule has 1 aliphatic heterocycles. The molecule has 3 rings (SSSR count). The number of nitrogens with one attached hydrogen (secondary N) is 1. The third-order valence-electron chi connectivity index (χ3n) is 3.33. The maximum atomic E-state index is 10.9. The molecule has 2 aromatic rings. The minimum absolute atomic E-state index is 0.258. The van der Waals surface area contributed by atoms with Gasteiger partial charge in [0.1, 0.15) is 5.69 Å². The van der Waals surface area contributed by atoms with Crippen LogP contribution in [0.15, 0.2) is 21.5 Å². The van der Waals surface area contributed by atoms with Crippen molar-refractivity contribution in [1.29, 1.82) is 0 Å². The van der Waals surface area contributed by atoms with Crippen LogP contribution in [-0.4, -0.2) is 44.9 Å². The summed E-state index contributed by atoms with van der Waals surface area (Å²) in [5.41, 5.74) is 6.23. The number of likely N-dealkylation sites (tertiary alicyclic amines) is 1. The molecule has 0 amide bonds. The SMILES string of the molecule is NC(CN1CCCC1)c1noc(-c2ccc(=O)[nH]n2)n1. The maximum absolute atomic E-state index is 10.9. The van der Waals surface area contributed by atoms with Crippen molar-refractivity contribution in [3.05, 3.63) is 28.3 Å². The van der Waals surface area contributed by atoms with E-state index in [1.165, 1.54) is 25.0 Å². The van der Waals surface area contributed by atoms with Gasteiger partial charge in [0.05, 0.1) is 6.04 Å². The molecule has 106 valence electrons. The third kappa shape index (κ3) is 2.75. The molecule has 0 radical (unpaired) electrons. The zero-order chi connectivity index (χ0) is 13.9. The highest BCUT2D eigenvalue weighted by atomic mass is 16.5. The van der Waals surface area contributed by atoms with E-state index in [1.54, 1.807) is 0 Å². The van der Waals surface area contributed by atoms with E-state index < -0.39 is 0 Å². The van der Waals surface area contributed by atoms with Gasteiger partial charge in [-0.2, -0.15) is 10.1 Å². The summed E-state index contributed by atoms with van der Waals surface area (Å²) in [4.78, 5) is 17.5. The molecule has 0 saturated carbocycles. The third-order valence-corrected chi connectivity index (χ3v) is 3.33. The molecular weight excluding hydrogens is 260 g/mol. The second kappa shape index (κ2) is 5.51. The molecule has 2 aromatic heterocycles. The average molecular weight is 276 g/mol. The highest BCUT2D eigenvalue weighted by molar-refractivity contribution is 5.44. The van der Waals surface area contributed by atoms with Gasteiger partial charge in [0.25, 0.3) is 11.4 Å². The van der Waals surface area contributed by atoms with Gasteiger partial charge in [-0.15, -0.1) is 0 Å². The predicted octanol–water partition coefficient (Wildman–Crippen LogP) is -0.0845. The largest absolute Gasteiger partial charge is 0.332 e. The Balaban J connectivity index is 1.72. The lowest BCUT2D eigenvalue weighted by molar-refractivity contribution is 0.306.